The van der Waals surface area contributed by atoms with Crippen LogP contribution in [0.1, 0.15) is 66.9 Å². The summed E-state index contributed by atoms with van der Waals surface area (Å²) in [6, 6.07) is 18.8. The Morgan fingerprint density at radius 1 is 0.973 bits per heavy atom. The summed E-state index contributed by atoms with van der Waals surface area (Å²) in [5.41, 5.74) is 3.81. The molecule has 0 radical (unpaired) electrons. The predicted molar refractivity (Wildman–Crippen MR) is 140 cm³/mol. The Morgan fingerprint density at radius 3 is 2.43 bits per heavy atom. The average Bonchev–Trinajstić information content (AvgIpc) is 3.41. The largest absolute Gasteiger partial charge is 0.490 e. The molecular weight excluding hydrogens is 472 g/mol. The maximum absolute atomic E-state index is 13.7. The Balaban J connectivity index is 1.60. The minimum atomic E-state index is -0.980. The minimum Gasteiger partial charge on any atom is -0.490 e. The van der Waals surface area contributed by atoms with E-state index in [-0.39, 0.29) is 18.6 Å². The predicted octanol–water partition coefficient (Wildman–Crippen LogP) is 7.98. The van der Waals surface area contributed by atoms with Crippen molar-refractivity contribution in [3.05, 3.63) is 95.1 Å². The van der Waals surface area contributed by atoms with Gasteiger partial charge in [-0.05, 0) is 67.0 Å². The number of benzene rings is 3. The fraction of sp³-hybridized carbons (Fsp3) is 0.290. The molecule has 0 amide bonds. The summed E-state index contributed by atoms with van der Waals surface area (Å²) in [6.07, 6.45) is 4.60. The molecule has 6 heteroatoms. The molecule has 1 aromatic heterocycles. The van der Waals surface area contributed by atoms with Gasteiger partial charge in [0, 0.05) is 17.0 Å². The third-order valence-corrected chi connectivity index (χ3v) is 6.78. The molecule has 0 spiro atoms. The van der Waals surface area contributed by atoms with Crippen LogP contribution in [-0.4, -0.2) is 17.1 Å². The van der Waals surface area contributed by atoms with Crippen LogP contribution in [0.25, 0.3) is 22.2 Å². The van der Waals surface area contributed by atoms with Gasteiger partial charge in [0.05, 0.1) is 22.9 Å². The van der Waals surface area contributed by atoms with Gasteiger partial charge >= 0.3 is 5.97 Å². The molecule has 0 unspecified atom stereocenters. The zero-order chi connectivity index (χ0) is 25.9. The number of rotatable bonds is 7. The average molecular weight is 502 g/mol. The number of fused-ring (bicyclic) bond motifs is 1. The van der Waals surface area contributed by atoms with E-state index in [2.05, 4.69) is 0 Å². The molecule has 37 heavy (non-hydrogen) atoms. The van der Waals surface area contributed by atoms with Crippen molar-refractivity contribution in [2.24, 2.45) is 0 Å². The van der Waals surface area contributed by atoms with Crippen LogP contribution in [0.15, 0.2) is 66.7 Å². The van der Waals surface area contributed by atoms with Crippen LogP contribution in [0.5, 0.6) is 5.75 Å². The van der Waals surface area contributed by atoms with E-state index < -0.39 is 17.6 Å². The van der Waals surface area contributed by atoms with E-state index in [0.29, 0.717) is 27.7 Å². The first-order chi connectivity index (χ1) is 17.9. The molecule has 190 valence electrons. The first-order valence-electron chi connectivity index (χ1n) is 12.7. The Bertz CT molecular complexity index is 1430. The third-order valence-electron chi connectivity index (χ3n) is 6.78. The molecular formula is C31H29F2NO3. The van der Waals surface area contributed by atoms with E-state index in [0.717, 1.165) is 41.9 Å². The third kappa shape index (κ3) is 5.33. The molecule has 1 heterocycles. The molecule has 0 aliphatic heterocycles. The fourth-order valence-electron chi connectivity index (χ4n) is 4.98. The number of esters is 1. The van der Waals surface area contributed by atoms with Gasteiger partial charge in [-0.1, -0.05) is 50.2 Å². The SMILES string of the molecule is CC(C)c1c(-c2ccccc2)nc2cc(OC3CCCC3)ccc2c1C(=O)OCc1ccc(F)c(F)c1. The molecule has 4 nitrogen and oxygen atoms in total. The van der Waals surface area contributed by atoms with Gasteiger partial charge in [0.1, 0.15) is 12.4 Å². The highest BCUT2D eigenvalue weighted by atomic mass is 19.2. The van der Waals surface area contributed by atoms with Crippen molar-refractivity contribution in [2.45, 2.75) is 58.2 Å². The Hall–Kier alpha value is -3.80. The second-order valence-electron chi connectivity index (χ2n) is 9.80. The first-order valence-corrected chi connectivity index (χ1v) is 12.7. The van der Waals surface area contributed by atoms with Crippen molar-refractivity contribution in [3.8, 4) is 17.0 Å². The van der Waals surface area contributed by atoms with Gasteiger partial charge in [0.2, 0.25) is 0 Å². The van der Waals surface area contributed by atoms with E-state index in [4.69, 9.17) is 14.5 Å². The number of ether oxygens (including phenoxy) is 2. The van der Waals surface area contributed by atoms with Crippen LogP contribution in [0, 0.1) is 11.6 Å². The van der Waals surface area contributed by atoms with Crippen molar-refractivity contribution in [1.82, 2.24) is 4.98 Å². The van der Waals surface area contributed by atoms with E-state index in [1.165, 1.54) is 18.9 Å². The lowest BCUT2D eigenvalue weighted by Crippen LogP contribution is -2.14. The quantitative estimate of drug-likeness (QED) is 0.241. The smallest absolute Gasteiger partial charge is 0.339 e. The summed E-state index contributed by atoms with van der Waals surface area (Å²) >= 11 is 0. The summed E-state index contributed by atoms with van der Waals surface area (Å²) in [5.74, 6) is -1.77. The van der Waals surface area contributed by atoms with Crippen molar-refractivity contribution in [2.75, 3.05) is 0 Å². The van der Waals surface area contributed by atoms with Crippen molar-refractivity contribution >= 4 is 16.9 Å². The maximum Gasteiger partial charge on any atom is 0.339 e. The molecule has 1 fully saturated rings. The van der Waals surface area contributed by atoms with Gasteiger partial charge in [0.15, 0.2) is 11.6 Å². The van der Waals surface area contributed by atoms with E-state index in [1.807, 2.05) is 62.4 Å². The molecule has 1 aliphatic carbocycles. The van der Waals surface area contributed by atoms with E-state index >= 15 is 0 Å². The molecule has 1 saturated carbocycles. The molecule has 4 aromatic rings. The van der Waals surface area contributed by atoms with E-state index in [1.54, 1.807) is 0 Å². The van der Waals surface area contributed by atoms with Crippen LogP contribution >= 0.6 is 0 Å². The van der Waals surface area contributed by atoms with Gasteiger partial charge < -0.3 is 9.47 Å². The molecule has 0 bridgehead atoms. The summed E-state index contributed by atoms with van der Waals surface area (Å²) in [4.78, 5) is 18.6. The highest BCUT2D eigenvalue weighted by Crippen LogP contribution is 2.37. The molecule has 0 atom stereocenters. The maximum atomic E-state index is 13.7. The number of nitrogens with zero attached hydrogens (tertiary/aromatic N) is 1. The monoisotopic (exact) mass is 501 g/mol. The van der Waals surface area contributed by atoms with E-state index in [9.17, 15) is 13.6 Å². The summed E-state index contributed by atoms with van der Waals surface area (Å²) < 4.78 is 38.9. The first kappa shape index (κ1) is 24.9. The molecule has 5 rings (SSSR count). The molecule has 0 N–H and O–H groups in total. The highest BCUT2D eigenvalue weighted by Gasteiger charge is 2.25. The van der Waals surface area contributed by atoms with Gasteiger partial charge in [-0.3, -0.25) is 0 Å². The van der Waals surface area contributed by atoms with Crippen molar-refractivity contribution < 1.29 is 23.0 Å². The van der Waals surface area contributed by atoms with Crippen molar-refractivity contribution in [1.29, 1.82) is 0 Å². The number of pyridine rings is 1. The highest BCUT2D eigenvalue weighted by molar-refractivity contribution is 6.07. The Morgan fingerprint density at radius 2 is 1.73 bits per heavy atom. The summed E-state index contributed by atoms with van der Waals surface area (Å²) in [5, 5.41) is 0.664. The number of aromatic nitrogens is 1. The van der Waals surface area contributed by atoms with Gasteiger partial charge in [-0.25, -0.2) is 18.6 Å². The second kappa shape index (κ2) is 10.7. The minimum absolute atomic E-state index is 0.0349. The zero-order valence-electron chi connectivity index (χ0n) is 21.0. The zero-order valence-corrected chi connectivity index (χ0v) is 21.0. The standard InChI is InChI=1S/C31H29F2NO3/c1-19(2)28-29(31(35)36-18-20-12-15-25(32)26(33)16-20)24-14-13-23(37-22-10-6-7-11-22)17-27(24)34-30(28)21-8-4-3-5-9-21/h3-5,8-9,12-17,19,22H,6-7,10-11,18H2,1-2H3. The van der Waals surface area contributed by atoms with Crippen molar-refractivity contribution in [3.63, 3.8) is 0 Å². The number of hydrogen-bond acceptors (Lipinski definition) is 4. The van der Waals surface area contributed by atoms with Crippen LogP contribution in [-0.2, 0) is 11.3 Å². The number of carbonyl (C=O) groups is 1. The number of halogens is 2. The fourth-order valence-corrected chi connectivity index (χ4v) is 4.98. The topological polar surface area (TPSA) is 48.4 Å². The summed E-state index contributed by atoms with van der Waals surface area (Å²) in [6.45, 7) is 3.85. The van der Waals surface area contributed by atoms with Crippen LogP contribution in [0.4, 0.5) is 8.78 Å². The normalized spacial score (nSPS) is 13.9. The molecule has 1 aliphatic rings. The lowest BCUT2D eigenvalue weighted by atomic mass is 9.89. The molecule has 0 saturated heterocycles. The Labute approximate surface area is 215 Å². The van der Waals surface area contributed by atoms with Gasteiger partial charge in [0.25, 0.3) is 0 Å². The van der Waals surface area contributed by atoms with Crippen LogP contribution < -0.4 is 4.74 Å². The lowest BCUT2D eigenvalue weighted by molar-refractivity contribution is 0.0473. The molecule has 3 aromatic carbocycles. The number of hydrogen-bond donors (Lipinski definition) is 0. The lowest BCUT2D eigenvalue weighted by Gasteiger charge is -2.20. The van der Waals surface area contributed by atoms with Gasteiger partial charge in [-0.2, -0.15) is 0 Å². The second-order valence-corrected chi connectivity index (χ2v) is 9.80. The summed E-state index contributed by atoms with van der Waals surface area (Å²) in [7, 11) is 0. The van der Waals surface area contributed by atoms with Crippen LogP contribution in [0.3, 0.4) is 0 Å². The van der Waals surface area contributed by atoms with Crippen LogP contribution in [0.2, 0.25) is 0 Å². The Kier molecular flexibility index (Phi) is 7.17. The number of carbonyl (C=O) groups excluding carboxylic acids is 1. The van der Waals surface area contributed by atoms with Gasteiger partial charge in [-0.15, -0.1) is 0 Å².